The number of carbonyl (C=O) groups excluding carboxylic acids is 1. The maximum absolute atomic E-state index is 11.1. The molecule has 0 unspecified atom stereocenters. The Morgan fingerprint density at radius 1 is 1.00 bits per heavy atom. The lowest BCUT2D eigenvalue weighted by molar-refractivity contribution is 0.249. The van der Waals surface area contributed by atoms with Crippen molar-refractivity contribution in [2.45, 2.75) is 0 Å². The van der Waals surface area contributed by atoms with E-state index in [1.54, 1.807) is 5.01 Å². The molecule has 4 N–H and O–H groups in total. The summed E-state index contributed by atoms with van der Waals surface area (Å²) in [4.78, 5) is 11.1. The van der Waals surface area contributed by atoms with Gasteiger partial charge in [-0.15, -0.1) is 0 Å². The lowest BCUT2D eigenvalue weighted by atomic mass is 10.1. The third-order valence-corrected chi connectivity index (χ3v) is 2.78. The molecule has 2 aromatic rings. The number of nitrogens with zero attached hydrogens (tertiary/aromatic N) is 1. The predicted octanol–water partition coefficient (Wildman–Crippen LogP) is 2.46. The van der Waals surface area contributed by atoms with Crippen LogP contribution in [-0.4, -0.2) is 6.03 Å². The van der Waals surface area contributed by atoms with Crippen LogP contribution in [0.1, 0.15) is 0 Å². The van der Waals surface area contributed by atoms with Crippen LogP contribution >= 0.6 is 0 Å². The fourth-order valence-corrected chi connectivity index (χ4v) is 2.05. The maximum atomic E-state index is 11.1. The number of primary amides is 1. The molecule has 0 atom stereocenters. The lowest BCUT2D eigenvalue weighted by Gasteiger charge is -2.32. The van der Waals surface area contributed by atoms with E-state index in [4.69, 9.17) is 5.73 Å². The first-order valence-corrected chi connectivity index (χ1v) is 5.57. The van der Waals surface area contributed by atoms with E-state index < -0.39 is 6.03 Å². The molecule has 5 heteroatoms. The van der Waals surface area contributed by atoms with E-state index in [2.05, 4.69) is 10.7 Å². The van der Waals surface area contributed by atoms with Crippen molar-refractivity contribution in [2.24, 2.45) is 5.73 Å². The molecule has 0 aliphatic carbocycles. The van der Waals surface area contributed by atoms with E-state index in [1.165, 1.54) is 0 Å². The van der Waals surface area contributed by atoms with Gasteiger partial charge in [-0.25, -0.2) is 15.2 Å². The van der Waals surface area contributed by atoms with E-state index >= 15 is 0 Å². The minimum absolute atomic E-state index is 0.596. The number of nitrogens with one attached hydrogen (secondary N) is 2. The van der Waals surface area contributed by atoms with Crippen LogP contribution in [0.2, 0.25) is 0 Å². The topological polar surface area (TPSA) is 70.4 Å². The van der Waals surface area contributed by atoms with Gasteiger partial charge >= 0.3 is 6.03 Å². The zero-order valence-corrected chi connectivity index (χ0v) is 9.55. The lowest BCUT2D eigenvalue weighted by Crippen LogP contribution is -2.43. The summed E-state index contributed by atoms with van der Waals surface area (Å²) >= 11 is 0. The normalized spacial score (nSPS) is 12.1. The van der Waals surface area contributed by atoms with Gasteiger partial charge < -0.3 is 11.1 Å². The zero-order valence-electron chi connectivity index (χ0n) is 9.55. The second-order valence-corrected chi connectivity index (χ2v) is 3.97. The van der Waals surface area contributed by atoms with Crippen LogP contribution in [0, 0.1) is 0 Å². The molecule has 2 aromatic carbocycles. The van der Waals surface area contributed by atoms with Crippen LogP contribution in [0.3, 0.4) is 0 Å². The third-order valence-electron chi connectivity index (χ3n) is 2.78. The van der Waals surface area contributed by atoms with Gasteiger partial charge in [0.05, 0.1) is 22.7 Å². The smallest absolute Gasteiger partial charge is 0.331 e. The van der Waals surface area contributed by atoms with Crippen LogP contribution in [0.25, 0.3) is 0 Å². The van der Waals surface area contributed by atoms with Gasteiger partial charge in [0, 0.05) is 0 Å². The van der Waals surface area contributed by atoms with Crippen molar-refractivity contribution in [3.8, 4) is 0 Å². The molecule has 0 spiro atoms. The van der Waals surface area contributed by atoms with Gasteiger partial charge in [-0.05, 0) is 24.3 Å². The number of amides is 2. The number of rotatable bonds is 1. The molecule has 3 rings (SSSR count). The first-order valence-electron chi connectivity index (χ1n) is 5.57. The van der Waals surface area contributed by atoms with Crippen molar-refractivity contribution in [3.05, 3.63) is 48.5 Å². The summed E-state index contributed by atoms with van der Waals surface area (Å²) < 4.78 is 0. The Kier molecular flexibility index (Phi) is 2.30. The van der Waals surface area contributed by atoms with E-state index in [0.717, 1.165) is 22.7 Å². The fraction of sp³-hybridized carbons (Fsp3) is 0. The summed E-state index contributed by atoms with van der Waals surface area (Å²) in [6.07, 6.45) is 0. The van der Waals surface area contributed by atoms with Gasteiger partial charge in [0.15, 0.2) is 0 Å². The highest BCUT2D eigenvalue weighted by Crippen LogP contribution is 2.41. The number of carbonyl (C=O) groups is 1. The number of anilines is 4. The summed E-state index contributed by atoms with van der Waals surface area (Å²) in [5.74, 6) is 0. The maximum Gasteiger partial charge on any atom is 0.331 e. The van der Waals surface area contributed by atoms with Crippen LogP contribution < -0.4 is 21.5 Å². The quantitative estimate of drug-likeness (QED) is 0.717. The number of benzene rings is 2. The molecule has 0 aromatic heterocycles. The van der Waals surface area contributed by atoms with Crippen LogP contribution in [0.15, 0.2) is 48.5 Å². The molecule has 0 radical (unpaired) electrons. The van der Waals surface area contributed by atoms with E-state index in [9.17, 15) is 4.79 Å². The summed E-state index contributed by atoms with van der Waals surface area (Å²) in [5.41, 5.74) is 11.4. The summed E-state index contributed by atoms with van der Waals surface area (Å²) in [6.45, 7) is 0. The minimum Gasteiger partial charge on any atom is -0.352 e. The van der Waals surface area contributed by atoms with Crippen LogP contribution in [-0.2, 0) is 0 Å². The number of hydrazine groups is 1. The third kappa shape index (κ3) is 1.62. The van der Waals surface area contributed by atoms with Gasteiger partial charge in [-0.1, -0.05) is 24.3 Å². The van der Waals surface area contributed by atoms with Gasteiger partial charge in [-0.3, -0.25) is 0 Å². The Labute approximate surface area is 104 Å². The number of urea groups is 1. The molecule has 0 saturated heterocycles. The van der Waals surface area contributed by atoms with Crippen molar-refractivity contribution < 1.29 is 4.79 Å². The SMILES string of the molecule is NC(=O)NN1c2ccccc2Nc2ccccc21. The number of fused-ring (bicyclic) bond motifs is 2. The average Bonchev–Trinajstić information content (AvgIpc) is 2.38. The highest BCUT2D eigenvalue weighted by atomic mass is 16.2. The number of hydrogen-bond donors (Lipinski definition) is 3. The first kappa shape index (κ1) is 10.5. The second kappa shape index (κ2) is 3.96. The van der Waals surface area contributed by atoms with Crippen molar-refractivity contribution in [2.75, 3.05) is 10.3 Å². The summed E-state index contributed by atoms with van der Waals surface area (Å²) in [5, 5.41) is 4.99. The standard InChI is InChI=1S/C13H12N4O/c14-13(18)16-17-11-7-3-1-5-9(11)15-10-6-2-4-8-12(10)17/h1-8,15H,(H3,14,16,18). The molecule has 2 amide bonds. The summed E-state index contributed by atoms with van der Waals surface area (Å²) in [6, 6.07) is 14.8. The molecule has 1 aliphatic heterocycles. The zero-order chi connectivity index (χ0) is 12.5. The molecule has 1 aliphatic rings. The Morgan fingerprint density at radius 2 is 1.50 bits per heavy atom. The average molecular weight is 240 g/mol. The Morgan fingerprint density at radius 3 is 2.00 bits per heavy atom. The Balaban J connectivity index is 2.14. The molecular formula is C13H12N4O. The Hall–Kier alpha value is -2.69. The van der Waals surface area contributed by atoms with Crippen molar-refractivity contribution in [3.63, 3.8) is 0 Å². The minimum atomic E-state index is -0.596. The molecular weight excluding hydrogens is 228 g/mol. The number of nitrogens with two attached hydrogens (primary N) is 1. The largest absolute Gasteiger partial charge is 0.352 e. The Bertz CT molecular complexity index is 566. The van der Waals surface area contributed by atoms with E-state index in [1.807, 2.05) is 48.5 Å². The number of hydrogen-bond acceptors (Lipinski definition) is 3. The summed E-state index contributed by atoms with van der Waals surface area (Å²) in [7, 11) is 0. The van der Waals surface area contributed by atoms with Crippen LogP contribution in [0.5, 0.6) is 0 Å². The molecule has 0 saturated carbocycles. The molecule has 1 heterocycles. The fourth-order valence-electron chi connectivity index (χ4n) is 2.05. The van der Waals surface area contributed by atoms with Gasteiger partial charge in [0.1, 0.15) is 0 Å². The van der Waals surface area contributed by atoms with Gasteiger partial charge in [0.25, 0.3) is 0 Å². The highest BCUT2D eigenvalue weighted by Gasteiger charge is 2.22. The highest BCUT2D eigenvalue weighted by molar-refractivity contribution is 5.93. The van der Waals surface area contributed by atoms with Gasteiger partial charge in [0.2, 0.25) is 0 Å². The molecule has 5 nitrogen and oxygen atoms in total. The van der Waals surface area contributed by atoms with Crippen LogP contribution in [0.4, 0.5) is 27.5 Å². The molecule has 0 bridgehead atoms. The molecule has 18 heavy (non-hydrogen) atoms. The second-order valence-electron chi connectivity index (χ2n) is 3.97. The number of para-hydroxylation sites is 4. The van der Waals surface area contributed by atoms with E-state index in [0.29, 0.717) is 0 Å². The first-order chi connectivity index (χ1) is 8.75. The van der Waals surface area contributed by atoms with E-state index in [-0.39, 0.29) is 0 Å². The molecule has 90 valence electrons. The van der Waals surface area contributed by atoms with Crippen molar-refractivity contribution in [1.82, 2.24) is 5.43 Å². The van der Waals surface area contributed by atoms with Crippen molar-refractivity contribution >= 4 is 28.8 Å². The predicted molar refractivity (Wildman–Crippen MR) is 71.0 cm³/mol. The monoisotopic (exact) mass is 240 g/mol. The van der Waals surface area contributed by atoms with Crippen molar-refractivity contribution in [1.29, 1.82) is 0 Å². The molecule has 0 fully saturated rings. The van der Waals surface area contributed by atoms with Gasteiger partial charge in [-0.2, -0.15) is 0 Å².